The third-order valence-electron chi connectivity index (χ3n) is 10.4. The van der Waals surface area contributed by atoms with Gasteiger partial charge in [-0.2, -0.15) is 0 Å². The number of aliphatic hydroxyl groups excluding tert-OH is 1. The number of aliphatic hydroxyl groups is 1. The Morgan fingerprint density at radius 1 is 0.607 bits per heavy atom. The number of nitrogens with zero attached hydrogens (tertiary/aromatic N) is 1. The molecule has 0 spiro atoms. The molecule has 0 heterocycles. The van der Waals surface area contributed by atoms with Crippen molar-refractivity contribution in [1.82, 2.24) is 5.32 Å². The zero-order valence-corrected chi connectivity index (χ0v) is 38.3. The van der Waals surface area contributed by atoms with Crippen molar-refractivity contribution in [2.24, 2.45) is 0 Å². The van der Waals surface area contributed by atoms with Crippen LogP contribution in [-0.4, -0.2) is 73.4 Å². The molecular formula is C47H92N2O6P+. The minimum absolute atomic E-state index is 0.0611. The molecule has 0 rings (SSSR count). The summed E-state index contributed by atoms with van der Waals surface area (Å²) in [6.07, 6.45) is 48.5. The number of unbranched alkanes of at least 4 members (excludes halogenated alkanes) is 25. The van der Waals surface area contributed by atoms with Gasteiger partial charge in [0.2, 0.25) is 5.91 Å². The molecule has 3 unspecified atom stereocenters. The van der Waals surface area contributed by atoms with Gasteiger partial charge in [-0.15, -0.1) is 0 Å². The molecule has 0 aromatic rings. The first-order chi connectivity index (χ1) is 27.0. The van der Waals surface area contributed by atoms with Crippen LogP contribution in [0.2, 0.25) is 0 Å². The summed E-state index contributed by atoms with van der Waals surface area (Å²) in [5.74, 6) is -0.184. The lowest BCUT2D eigenvalue weighted by Crippen LogP contribution is -2.45. The maximum atomic E-state index is 12.8. The van der Waals surface area contributed by atoms with E-state index in [0.29, 0.717) is 17.4 Å². The number of allylic oxidation sites excluding steroid dienone is 5. The largest absolute Gasteiger partial charge is 0.472 e. The zero-order chi connectivity index (χ0) is 41.4. The Kier molecular flexibility index (Phi) is 38.3. The molecule has 56 heavy (non-hydrogen) atoms. The third-order valence-corrected chi connectivity index (χ3v) is 11.3. The number of carbonyl (C=O) groups is 1. The SMILES string of the molecule is CCCCC/C=C/C(O)C(COP(=O)(O)OCC[N+](C)(C)C)NC(=O)CCCCCCCCCCCCCCCCCCC/C=C\C/C=C\CCCCCCC. The van der Waals surface area contributed by atoms with Crippen molar-refractivity contribution in [3.63, 3.8) is 0 Å². The first kappa shape index (κ1) is 54.7. The monoisotopic (exact) mass is 812 g/mol. The van der Waals surface area contributed by atoms with Gasteiger partial charge in [0.25, 0.3) is 0 Å². The Morgan fingerprint density at radius 2 is 1.02 bits per heavy atom. The van der Waals surface area contributed by atoms with Gasteiger partial charge in [-0.1, -0.05) is 185 Å². The van der Waals surface area contributed by atoms with Crippen LogP contribution in [0.25, 0.3) is 0 Å². The lowest BCUT2D eigenvalue weighted by atomic mass is 10.0. The van der Waals surface area contributed by atoms with Gasteiger partial charge in [-0.05, 0) is 51.4 Å². The summed E-state index contributed by atoms with van der Waals surface area (Å²) in [5.41, 5.74) is 0. The van der Waals surface area contributed by atoms with Crippen molar-refractivity contribution in [2.45, 2.75) is 219 Å². The van der Waals surface area contributed by atoms with Crippen LogP contribution in [0.1, 0.15) is 206 Å². The first-order valence-corrected chi connectivity index (χ1v) is 24.9. The number of amides is 1. The summed E-state index contributed by atoms with van der Waals surface area (Å²) in [6, 6.07) is -0.840. The summed E-state index contributed by atoms with van der Waals surface area (Å²) in [4.78, 5) is 22.9. The molecule has 0 aliphatic heterocycles. The zero-order valence-electron chi connectivity index (χ0n) is 37.4. The molecule has 0 aromatic heterocycles. The van der Waals surface area contributed by atoms with E-state index in [0.717, 1.165) is 51.4 Å². The number of rotatable bonds is 42. The Balaban J connectivity index is 3.89. The van der Waals surface area contributed by atoms with Crippen LogP contribution in [0, 0.1) is 0 Å². The number of carbonyl (C=O) groups excluding carboxylic acids is 1. The van der Waals surface area contributed by atoms with Crippen LogP contribution < -0.4 is 5.32 Å². The Bertz CT molecular complexity index is 1010. The fourth-order valence-electron chi connectivity index (χ4n) is 6.60. The molecule has 330 valence electrons. The molecule has 0 radical (unpaired) electrons. The van der Waals surface area contributed by atoms with Crippen molar-refractivity contribution >= 4 is 13.7 Å². The topological polar surface area (TPSA) is 105 Å². The molecule has 0 aliphatic carbocycles. The minimum Gasteiger partial charge on any atom is -0.387 e. The quantitative estimate of drug-likeness (QED) is 0.0245. The second-order valence-corrected chi connectivity index (χ2v) is 18.6. The molecule has 0 saturated carbocycles. The van der Waals surface area contributed by atoms with E-state index in [4.69, 9.17) is 9.05 Å². The summed E-state index contributed by atoms with van der Waals surface area (Å²) in [7, 11) is 1.57. The highest BCUT2D eigenvalue weighted by Gasteiger charge is 2.27. The summed E-state index contributed by atoms with van der Waals surface area (Å²) >= 11 is 0. The number of hydrogen-bond acceptors (Lipinski definition) is 5. The van der Waals surface area contributed by atoms with Gasteiger partial charge in [0, 0.05) is 6.42 Å². The van der Waals surface area contributed by atoms with Crippen molar-refractivity contribution < 1.29 is 32.9 Å². The van der Waals surface area contributed by atoms with E-state index < -0.39 is 20.0 Å². The molecule has 8 nitrogen and oxygen atoms in total. The van der Waals surface area contributed by atoms with Crippen LogP contribution in [0.3, 0.4) is 0 Å². The summed E-state index contributed by atoms with van der Waals surface area (Å²) in [5, 5.41) is 13.6. The van der Waals surface area contributed by atoms with Crippen LogP contribution in [0.4, 0.5) is 0 Å². The molecular weight excluding hydrogens is 719 g/mol. The molecule has 3 N–H and O–H groups in total. The van der Waals surface area contributed by atoms with Crippen LogP contribution >= 0.6 is 7.82 Å². The predicted molar refractivity (Wildman–Crippen MR) is 240 cm³/mol. The van der Waals surface area contributed by atoms with E-state index in [-0.39, 0.29) is 19.1 Å². The van der Waals surface area contributed by atoms with E-state index in [2.05, 4.69) is 43.5 Å². The Labute approximate surface area is 347 Å². The first-order valence-electron chi connectivity index (χ1n) is 23.4. The Morgan fingerprint density at radius 3 is 1.50 bits per heavy atom. The predicted octanol–water partition coefficient (Wildman–Crippen LogP) is 13.1. The molecule has 0 fully saturated rings. The molecule has 9 heteroatoms. The van der Waals surface area contributed by atoms with E-state index >= 15 is 0 Å². The average molecular weight is 812 g/mol. The molecule has 0 bridgehead atoms. The normalized spacial score (nSPS) is 14.6. The van der Waals surface area contributed by atoms with Crippen molar-refractivity contribution in [1.29, 1.82) is 0 Å². The van der Waals surface area contributed by atoms with E-state index in [9.17, 15) is 19.4 Å². The van der Waals surface area contributed by atoms with Crippen molar-refractivity contribution in [3.05, 3.63) is 36.5 Å². The van der Waals surface area contributed by atoms with Gasteiger partial charge in [-0.25, -0.2) is 4.57 Å². The number of phosphoric ester groups is 1. The van der Waals surface area contributed by atoms with Crippen molar-refractivity contribution in [2.75, 3.05) is 40.9 Å². The maximum Gasteiger partial charge on any atom is 0.472 e. The fraction of sp³-hybridized carbons (Fsp3) is 0.851. The molecule has 1 amide bonds. The minimum atomic E-state index is -4.32. The van der Waals surface area contributed by atoms with Crippen LogP contribution in [0.5, 0.6) is 0 Å². The second kappa shape index (κ2) is 39.2. The van der Waals surface area contributed by atoms with Gasteiger partial charge >= 0.3 is 7.82 Å². The van der Waals surface area contributed by atoms with Gasteiger partial charge in [0.1, 0.15) is 13.2 Å². The van der Waals surface area contributed by atoms with Crippen LogP contribution in [-0.2, 0) is 18.4 Å². The second-order valence-electron chi connectivity index (χ2n) is 17.1. The highest BCUT2D eigenvalue weighted by atomic mass is 31.2. The van der Waals surface area contributed by atoms with Gasteiger partial charge < -0.3 is 19.8 Å². The third kappa shape index (κ3) is 40.9. The number of quaternary nitrogens is 1. The van der Waals surface area contributed by atoms with E-state index in [1.807, 2.05) is 27.2 Å². The standard InChI is InChI=1S/C47H91N2O6P/c1-6-8-10-12-13-14-15-16-17-18-19-20-21-22-23-24-25-26-27-28-29-30-31-32-33-34-35-37-39-41-47(51)48-45(46(50)40-38-36-11-9-7-2)44-55-56(52,53)54-43-42-49(3,4)5/h15-16,18-19,38,40,45-46,50H,6-14,17,20-37,39,41-44H2,1-5H3,(H-,48,51,52,53)/p+1/b16-15-,19-18-,40-38+. The van der Waals surface area contributed by atoms with E-state index in [1.54, 1.807) is 6.08 Å². The summed E-state index contributed by atoms with van der Waals surface area (Å²) in [6.45, 7) is 4.69. The Hall–Kier alpha value is -1.28. The lowest BCUT2D eigenvalue weighted by Gasteiger charge is -2.25. The summed E-state index contributed by atoms with van der Waals surface area (Å²) < 4.78 is 23.4. The van der Waals surface area contributed by atoms with Crippen molar-refractivity contribution in [3.8, 4) is 0 Å². The number of hydrogen-bond donors (Lipinski definition) is 3. The van der Waals surface area contributed by atoms with E-state index in [1.165, 1.54) is 135 Å². The highest BCUT2D eigenvalue weighted by Crippen LogP contribution is 2.43. The molecule has 0 saturated heterocycles. The van der Waals surface area contributed by atoms with Gasteiger partial charge in [-0.3, -0.25) is 13.8 Å². The molecule has 0 aromatic carbocycles. The molecule has 0 aliphatic rings. The number of phosphoric acid groups is 1. The lowest BCUT2D eigenvalue weighted by molar-refractivity contribution is -0.870. The van der Waals surface area contributed by atoms with Gasteiger partial charge in [0.05, 0.1) is 39.9 Å². The highest BCUT2D eigenvalue weighted by molar-refractivity contribution is 7.47. The maximum absolute atomic E-state index is 12.8. The molecule has 3 atom stereocenters. The smallest absolute Gasteiger partial charge is 0.387 e. The van der Waals surface area contributed by atoms with Gasteiger partial charge in [0.15, 0.2) is 0 Å². The number of nitrogens with one attached hydrogen (secondary N) is 1. The average Bonchev–Trinajstić information content (AvgIpc) is 3.15. The number of likely N-dealkylation sites (N-methyl/N-ethyl adjacent to an activating group) is 1. The van der Waals surface area contributed by atoms with Crippen LogP contribution in [0.15, 0.2) is 36.5 Å². The fourth-order valence-corrected chi connectivity index (χ4v) is 7.34.